The molecule has 1 heteroatoms. The molecule has 0 amide bonds. The molecule has 0 heterocycles. The third-order valence-corrected chi connectivity index (χ3v) is 12.0. The van der Waals surface area contributed by atoms with E-state index in [0.717, 1.165) is 41.4 Å². The van der Waals surface area contributed by atoms with Crippen LogP contribution in [0.5, 0.6) is 0 Å². The van der Waals surface area contributed by atoms with Crippen LogP contribution in [0.3, 0.4) is 0 Å². The van der Waals surface area contributed by atoms with Crippen molar-refractivity contribution in [3.63, 3.8) is 0 Å². The first-order valence-corrected chi connectivity index (χ1v) is 14.0. The minimum atomic E-state index is 0.450. The highest BCUT2D eigenvalue weighted by molar-refractivity contribution is 5.64. The number of aliphatic imine (C=N–C) groups is 1. The Labute approximate surface area is 194 Å². The maximum atomic E-state index is 4.72. The fraction of sp³-hybridized carbons (Fsp3) is 0.967. The molecule has 4 saturated carbocycles. The average Bonchev–Trinajstić information content (AvgIpc) is 3.13. The molecule has 4 rings (SSSR count). The zero-order valence-electron chi connectivity index (χ0n) is 22.2. The maximum Gasteiger partial charge on any atom is 0.0273 e. The van der Waals surface area contributed by atoms with E-state index in [-0.39, 0.29) is 0 Å². The van der Waals surface area contributed by atoms with Crippen LogP contribution in [0.1, 0.15) is 113 Å². The average molecular weight is 428 g/mol. The minimum absolute atomic E-state index is 0.450. The van der Waals surface area contributed by atoms with E-state index in [2.05, 4.69) is 54.7 Å². The summed E-state index contributed by atoms with van der Waals surface area (Å²) in [4.78, 5) is 4.72. The molecule has 0 spiro atoms. The molecular weight excluding hydrogens is 374 g/mol. The minimum Gasteiger partial charge on any atom is -0.301 e. The van der Waals surface area contributed by atoms with Crippen molar-refractivity contribution < 1.29 is 0 Å². The fourth-order valence-electron chi connectivity index (χ4n) is 10.3. The molecule has 10 atom stereocenters. The van der Waals surface area contributed by atoms with E-state index in [1.54, 1.807) is 0 Å². The molecule has 0 radical (unpaired) electrons. The Bertz CT molecular complexity index is 665. The summed E-state index contributed by atoms with van der Waals surface area (Å²) in [5.41, 5.74) is 1.55. The first-order chi connectivity index (χ1) is 14.6. The van der Waals surface area contributed by atoms with E-state index in [1.807, 2.05) is 7.05 Å². The number of nitrogens with zero attached hydrogens (tertiary/aromatic N) is 1. The first kappa shape index (κ1) is 23.8. The van der Waals surface area contributed by atoms with Gasteiger partial charge in [-0.25, -0.2) is 0 Å². The Morgan fingerprint density at radius 1 is 0.903 bits per heavy atom. The first-order valence-electron chi connectivity index (χ1n) is 14.0. The lowest BCUT2D eigenvalue weighted by atomic mass is 9.51. The van der Waals surface area contributed by atoms with E-state index in [1.165, 1.54) is 64.2 Å². The van der Waals surface area contributed by atoms with Crippen LogP contribution in [0.4, 0.5) is 0 Å². The molecule has 0 aromatic rings. The second kappa shape index (κ2) is 8.47. The van der Waals surface area contributed by atoms with Crippen LogP contribution in [-0.4, -0.2) is 13.3 Å². The van der Waals surface area contributed by atoms with Crippen molar-refractivity contribution in [3.05, 3.63) is 0 Å². The van der Waals surface area contributed by atoms with Crippen molar-refractivity contribution in [2.45, 2.75) is 113 Å². The van der Waals surface area contributed by atoms with Crippen molar-refractivity contribution in [2.75, 3.05) is 7.05 Å². The highest BCUT2D eigenvalue weighted by atomic mass is 14.8. The quantitative estimate of drug-likeness (QED) is 0.376. The summed E-state index contributed by atoms with van der Waals surface area (Å²) in [6.07, 6.45) is 17.0. The standard InChI is InChI=1S/C30H53N/c1-20(2)10-9-11-22(4)23-12-13-24-27-25(15-16-28(23,24)5)29(6)17-14-21(3)18-30(29,7)26(27)19-31-8/h19-27H,9-18H2,1-8H3. The van der Waals surface area contributed by atoms with Crippen LogP contribution in [0.15, 0.2) is 4.99 Å². The SMILES string of the molecule is CN=CC1C2C3CCC(C(C)CCCC(C)C)C3(C)CCC2C2(C)CCC(C)CC12C. The number of hydrogen-bond donors (Lipinski definition) is 0. The van der Waals surface area contributed by atoms with E-state index >= 15 is 0 Å². The molecule has 0 aliphatic heterocycles. The zero-order valence-corrected chi connectivity index (χ0v) is 22.2. The molecule has 0 aromatic carbocycles. The van der Waals surface area contributed by atoms with Gasteiger partial charge in [-0.05, 0) is 96.2 Å². The molecule has 10 unspecified atom stereocenters. The van der Waals surface area contributed by atoms with Gasteiger partial charge in [0, 0.05) is 19.2 Å². The van der Waals surface area contributed by atoms with Crippen molar-refractivity contribution in [3.8, 4) is 0 Å². The third-order valence-electron chi connectivity index (χ3n) is 12.0. The molecule has 0 N–H and O–H groups in total. The topological polar surface area (TPSA) is 12.4 Å². The van der Waals surface area contributed by atoms with Gasteiger partial charge in [-0.3, -0.25) is 0 Å². The highest BCUT2D eigenvalue weighted by Gasteiger charge is 2.70. The van der Waals surface area contributed by atoms with E-state index < -0.39 is 0 Å². The van der Waals surface area contributed by atoms with Gasteiger partial charge >= 0.3 is 0 Å². The van der Waals surface area contributed by atoms with Crippen molar-refractivity contribution >= 4 is 6.21 Å². The molecule has 4 aliphatic carbocycles. The Balaban J connectivity index is 1.61. The molecule has 178 valence electrons. The van der Waals surface area contributed by atoms with Gasteiger partial charge < -0.3 is 4.99 Å². The van der Waals surface area contributed by atoms with Gasteiger partial charge in [0.05, 0.1) is 0 Å². The summed E-state index contributed by atoms with van der Waals surface area (Å²) < 4.78 is 0. The van der Waals surface area contributed by atoms with Crippen LogP contribution >= 0.6 is 0 Å². The summed E-state index contributed by atoms with van der Waals surface area (Å²) in [7, 11) is 2.04. The Morgan fingerprint density at radius 2 is 1.65 bits per heavy atom. The van der Waals surface area contributed by atoms with Gasteiger partial charge in [-0.15, -0.1) is 0 Å². The van der Waals surface area contributed by atoms with Crippen LogP contribution in [0.2, 0.25) is 0 Å². The summed E-state index contributed by atoms with van der Waals surface area (Å²) >= 11 is 0. The Kier molecular flexibility index (Phi) is 6.50. The largest absolute Gasteiger partial charge is 0.301 e. The van der Waals surface area contributed by atoms with Crippen molar-refractivity contribution in [2.24, 2.45) is 68.6 Å². The molecule has 0 bridgehead atoms. The van der Waals surface area contributed by atoms with Gasteiger partial charge in [0.15, 0.2) is 0 Å². The molecule has 31 heavy (non-hydrogen) atoms. The normalized spacial score (nSPS) is 50.5. The van der Waals surface area contributed by atoms with Gasteiger partial charge in [-0.2, -0.15) is 0 Å². The number of rotatable bonds is 6. The van der Waals surface area contributed by atoms with E-state index in [4.69, 9.17) is 4.99 Å². The second-order valence-corrected chi connectivity index (χ2v) is 13.9. The molecule has 0 aromatic heterocycles. The number of hydrogen-bond acceptors (Lipinski definition) is 1. The van der Waals surface area contributed by atoms with Crippen LogP contribution in [-0.2, 0) is 0 Å². The molecule has 0 saturated heterocycles. The third kappa shape index (κ3) is 3.58. The highest BCUT2D eigenvalue weighted by Crippen LogP contribution is 2.76. The fourth-order valence-corrected chi connectivity index (χ4v) is 10.3. The van der Waals surface area contributed by atoms with Gasteiger partial charge in [0.1, 0.15) is 0 Å². The van der Waals surface area contributed by atoms with E-state index in [0.29, 0.717) is 22.2 Å². The van der Waals surface area contributed by atoms with Crippen LogP contribution in [0.25, 0.3) is 0 Å². The summed E-state index contributed by atoms with van der Waals surface area (Å²) in [5, 5.41) is 0. The lowest BCUT2D eigenvalue weighted by Crippen LogP contribution is -2.46. The predicted molar refractivity (Wildman–Crippen MR) is 136 cm³/mol. The molecule has 4 fully saturated rings. The van der Waals surface area contributed by atoms with Crippen molar-refractivity contribution in [1.29, 1.82) is 0 Å². The van der Waals surface area contributed by atoms with Crippen molar-refractivity contribution in [1.82, 2.24) is 0 Å². The Hall–Kier alpha value is -0.330. The zero-order chi connectivity index (χ0) is 22.6. The molecular formula is C30H53N. The molecule has 1 nitrogen and oxygen atoms in total. The van der Waals surface area contributed by atoms with Gasteiger partial charge in [-0.1, -0.05) is 74.1 Å². The smallest absolute Gasteiger partial charge is 0.0273 e. The maximum absolute atomic E-state index is 4.72. The summed E-state index contributed by atoms with van der Waals surface area (Å²) in [5.74, 6) is 7.04. The van der Waals surface area contributed by atoms with Crippen LogP contribution in [0, 0.1) is 63.6 Å². The summed E-state index contributed by atoms with van der Waals surface area (Å²) in [6, 6.07) is 0. The lowest BCUT2D eigenvalue weighted by molar-refractivity contribution is -0.0454. The van der Waals surface area contributed by atoms with Gasteiger partial charge in [0.2, 0.25) is 0 Å². The van der Waals surface area contributed by atoms with E-state index in [9.17, 15) is 0 Å². The second-order valence-electron chi connectivity index (χ2n) is 13.9. The Morgan fingerprint density at radius 3 is 2.32 bits per heavy atom. The number of fused-ring (bicyclic) bond motifs is 5. The monoisotopic (exact) mass is 427 g/mol. The molecule has 4 aliphatic rings. The summed E-state index contributed by atoms with van der Waals surface area (Å²) in [6.45, 7) is 18.0. The lowest BCUT2D eigenvalue weighted by Gasteiger charge is -2.53. The van der Waals surface area contributed by atoms with Gasteiger partial charge in [0.25, 0.3) is 0 Å². The predicted octanol–water partition coefficient (Wildman–Crippen LogP) is 8.67. The van der Waals surface area contributed by atoms with Crippen LogP contribution < -0.4 is 0 Å².